The molecule has 3 nitrogen and oxygen atoms in total. The van der Waals surface area contributed by atoms with E-state index >= 15 is 0 Å². The Bertz CT molecular complexity index is 2230. The van der Waals surface area contributed by atoms with Crippen LogP contribution >= 0.6 is 0 Å². The molecular formula is C42H31N3. The molecule has 45 heavy (non-hydrogen) atoms. The molecule has 0 radical (unpaired) electrons. The van der Waals surface area contributed by atoms with Gasteiger partial charge < -0.3 is 0 Å². The molecule has 0 atom stereocenters. The fourth-order valence-corrected chi connectivity index (χ4v) is 7.67. The lowest BCUT2D eigenvalue weighted by atomic mass is 9.76. The summed E-state index contributed by atoms with van der Waals surface area (Å²) in [4.78, 5) is 15.0. The quantitative estimate of drug-likeness (QED) is 0.209. The highest BCUT2D eigenvalue weighted by atomic mass is 15.0. The summed E-state index contributed by atoms with van der Waals surface area (Å²) in [7, 11) is 0. The molecule has 9 rings (SSSR count). The molecule has 1 spiro atoms. The summed E-state index contributed by atoms with van der Waals surface area (Å²) in [5, 5.41) is 2.36. The highest BCUT2D eigenvalue weighted by Crippen LogP contribution is 2.57. The molecule has 1 aromatic heterocycles. The lowest BCUT2D eigenvalue weighted by Crippen LogP contribution is -2.20. The molecule has 0 bridgehead atoms. The molecule has 1 saturated carbocycles. The lowest BCUT2D eigenvalue weighted by molar-refractivity contribution is 0.550. The van der Waals surface area contributed by atoms with Gasteiger partial charge in [0.1, 0.15) is 0 Å². The van der Waals surface area contributed by atoms with Crippen LogP contribution in [0.3, 0.4) is 0 Å². The standard InChI is InChI=1S/C42H31N3/c1-2-12-29(13-3-1)39-43-40(45-41(44-39)34-20-19-28-11-4-5-14-30(28)25-34)33-16-10-15-31(26-33)32-21-22-36-35-17-6-7-18-37(35)42(38(36)27-32)23-8-9-24-42/h1-7,10-22,25-27H,8-9,23-24H2. The predicted octanol–water partition coefficient (Wildman–Crippen LogP) is 10.5. The summed E-state index contributed by atoms with van der Waals surface area (Å²) < 4.78 is 0. The zero-order valence-corrected chi connectivity index (χ0v) is 24.9. The first kappa shape index (κ1) is 26.0. The van der Waals surface area contributed by atoms with Crippen molar-refractivity contribution in [3.05, 3.63) is 151 Å². The first-order valence-electron chi connectivity index (χ1n) is 15.9. The summed E-state index contributed by atoms with van der Waals surface area (Å²) in [6.07, 6.45) is 5.03. The van der Waals surface area contributed by atoms with Crippen LogP contribution in [0.25, 0.3) is 67.2 Å². The van der Waals surface area contributed by atoms with E-state index in [0.717, 1.165) is 16.7 Å². The van der Waals surface area contributed by atoms with Crippen molar-refractivity contribution < 1.29 is 0 Å². The van der Waals surface area contributed by atoms with E-state index in [1.807, 2.05) is 18.2 Å². The first-order valence-corrected chi connectivity index (χ1v) is 15.9. The topological polar surface area (TPSA) is 38.7 Å². The average molecular weight is 578 g/mol. The Balaban J connectivity index is 1.16. The summed E-state index contributed by atoms with van der Waals surface area (Å²) >= 11 is 0. The maximum atomic E-state index is 5.06. The van der Waals surface area contributed by atoms with Crippen LogP contribution in [0.5, 0.6) is 0 Å². The zero-order chi connectivity index (χ0) is 29.8. The molecule has 1 fully saturated rings. The van der Waals surface area contributed by atoms with Crippen molar-refractivity contribution in [2.75, 3.05) is 0 Å². The minimum atomic E-state index is 0.146. The molecule has 3 heteroatoms. The normalized spacial score (nSPS) is 14.5. The Labute approximate surface area is 263 Å². The fourth-order valence-electron chi connectivity index (χ4n) is 7.67. The molecule has 0 aliphatic heterocycles. The largest absolute Gasteiger partial charge is 0.208 e. The van der Waals surface area contributed by atoms with Gasteiger partial charge in [0, 0.05) is 22.1 Å². The number of aromatic nitrogens is 3. The van der Waals surface area contributed by atoms with E-state index in [9.17, 15) is 0 Å². The van der Waals surface area contributed by atoms with Gasteiger partial charge in [-0.2, -0.15) is 0 Å². The van der Waals surface area contributed by atoms with Crippen molar-refractivity contribution >= 4 is 10.8 Å². The molecule has 214 valence electrons. The third kappa shape index (κ3) is 4.30. The smallest absolute Gasteiger partial charge is 0.164 e. The first-order chi connectivity index (χ1) is 22.2. The molecule has 7 aromatic rings. The van der Waals surface area contributed by atoms with E-state index in [1.165, 1.54) is 69.8 Å². The average Bonchev–Trinajstić information content (AvgIpc) is 3.72. The van der Waals surface area contributed by atoms with E-state index in [4.69, 9.17) is 15.0 Å². The number of hydrogen-bond acceptors (Lipinski definition) is 3. The summed E-state index contributed by atoms with van der Waals surface area (Å²) in [5.74, 6) is 2.02. The van der Waals surface area contributed by atoms with Crippen LogP contribution in [0.2, 0.25) is 0 Å². The Morgan fingerprint density at radius 1 is 0.378 bits per heavy atom. The van der Waals surface area contributed by atoms with Gasteiger partial charge in [-0.05, 0) is 75.2 Å². The number of rotatable bonds is 4. The lowest BCUT2D eigenvalue weighted by Gasteiger charge is -2.27. The molecule has 6 aromatic carbocycles. The summed E-state index contributed by atoms with van der Waals surface area (Å²) in [5.41, 5.74) is 11.3. The molecular weight excluding hydrogens is 546 g/mol. The third-order valence-electron chi connectivity index (χ3n) is 9.85. The predicted molar refractivity (Wildman–Crippen MR) is 184 cm³/mol. The molecule has 0 unspecified atom stereocenters. The van der Waals surface area contributed by atoms with Crippen LogP contribution in [0.4, 0.5) is 0 Å². The van der Waals surface area contributed by atoms with E-state index in [1.54, 1.807) is 0 Å². The summed E-state index contributed by atoms with van der Waals surface area (Å²) in [6.45, 7) is 0. The van der Waals surface area contributed by atoms with Gasteiger partial charge in [0.2, 0.25) is 0 Å². The highest BCUT2D eigenvalue weighted by molar-refractivity contribution is 5.87. The van der Waals surface area contributed by atoms with Crippen molar-refractivity contribution in [2.24, 2.45) is 0 Å². The third-order valence-corrected chi connectivity index (χ3v) is 9.85. The second-order valence-electron chi connectivity index (χ2n) is 12.4. The van der Waals surface area contributed by atoms with Crippen LogP contribution in [0.15, 0.2) is 140 Å². The number of hydrogen-bond donors (Lipinski definition) is 0. The van der Waals surface area contributed by atoms with E-state index in [2.05, 4.69) is 121 Å². The SMILES string of the molecule is c1ccc(-c2nc(-c3cccc(-c4ccc5c(c4)C4(CCCC4)c4ccccc4-5)c3)nc(-c3ccc4ccccc4c3)n2)cc1. The van der Waals surface area contributed by atoms with Gasteiger partial charge in [-0.15, -0.1) is 0 Å². The molecule has 2 aliphatic rings. The minimum absolute atomic E-state index is 0.146. The number of nitrogens with zero attached hydrogens (tertiary/aromatic N) is 3. The Hall–Kier alpha value is -5.41. The van der Waals surface area contributed by atoms with E-state index < -0.39 is 0 Å². The Morgan fingerprint density at radius 2 is 0.956 bits per heavy atom. The molecule has 0 saturated heterocycles. The van der Waals surface area contributed by atoms with Gasteiger partial charge in [-0.3, -0.25) is 0 Å². The van der Waals surface area contributed by atoms with Crippen LogP contribution < -0.4 is 0 Å². The minimum Gasteiger partial charge on any atom is -0.208 e. The second-order valence-corrected chi connectivity index (χ2v) is 12.4. The molecule has 0 amide bonds. The van der Waals surface area contributed by atoms with Crippen LogP contribution in [-0.2, 0) is 5.41 Å². The van der Waals surface area contributed by atoms with E-state index in [-0.39, 0.29) is 5.41 Å². The maximum absolute atomic E-state index is 5.06. The van der Waals surface area contributed by atoms with Crippen molar-refractivity contribution in [2.45, 2.75) is 31.1 Å². The van der Waals surface area contributed by atoms with Gasteiger partial charge >= 0.3 is 0 Å². The van der Waals surface area contributed by atoms with Gasteiger partial charge in [-0.1, -0.05) is 134 Å². The van der Waals surface area contributed by atoms with Gasteiger partial charge in [0.25, 0.3) is 0 Å². The van der Waals surface area contributed by atoms with Crippen molar-refractivity contribution in [1.82, 2.24) is 15.0 Å². The summed E-state index contributed by atoms with van der Waals surface area (Å²) in [6, 6.07) is 49.8. The second kappa shape index (κ2) is 10.3. The van der Waals surface area contributed by atoms with Crippen LogP contribution in [0.1, 0.15) is 36.8 Å². The number of fused-ring (bicyclic) bond motifs is 6. The highest BCUT2D eigenvalue weighted by Gasteiger charge is 2.44. The Kier molecular flexibility index (Phi) is 5.99. The van der Waals surface area contributed by atoms with Crippen LogP contribution in [-0.4, -0.2) is 15.0 Å². The van der Waals surface area contributed by atoms with Crippen LogP contribution in [0, 0.1) is 0 Å². The zero-order valence-electron chi connectivity index (χ0n) is 24.9. The molecule has 0 N–H and O–H groups in total. The van der Waals surface area contributed by atoms with Gasteiger partial charge in [0.05, 0.1) is 0 Å². The molecule has 1 heterocycles. The maximum Gasteiger partial charge on any atom is 0.164 e. The fraction of sp³-hybridized carbons (Fsp3) is 0.119. The molecule has 2 aliphatic carbocycles. The van der Waals surface area contributed by atoms with Crippen molar-refractivity contribution in [3.63, 3.8) is 0 Å². The van der Waals surface area contributed by atoms with Gasteiger partial charge in [-0.25, -0.2) is 15.0 Å². The monoisotopic (exact) mass is 577 g/mol. The van der Waals surface area contributed by atoms with Gasteiger partial charge in [0.15, 0.2) is 17.5 Å². The number of benzene rings is 6. The van der Waals surface area contributed by atoms with Crippen molar-refractivity contribution in [3.8, 4) is 56.4 Å². The van der Waals surface area contributed by atoms with Crippen molar-refractivity contribution in [1.29, 1.82) is 0 Å². The Morgan fingerprint density at radius 3 is 1.78 bits per heavy atom. The van der Waals surface area contributed by atoms with E-state index in [0.29, 0.717) is 17.5 Å².